The van der Waals surface area contributed by atoms with E-state index >= 15 is 0 Å². The normalized spacial score (nSPS) is 16.4. The molecule has 0 unspecified atom stereocenters. The third-order valence-electron chi connectivity index (χ3n) is 1.94. The van der Waals surface area contributed by atoms with Gasteiger partial charge in [-0.1, -0.05) is 19.8 Å². The fraction of sp³-hybridized carbons (Fsp3) is 0.667. The van der Waals surface area contributed by atoms with E-state index in [0.717, 1.165) is 13.2 Å². The number of hydrogen-bond acceptors (Lipinski definition) is 3. The Labute approximate surface area is 74.0 Å². The molecule has 12 heavy (non-hydrogen) atoms. The molecule has 0 aromatic carbocycles. The van der Waals surface area contributed by atoms with Crippen LogP contribution in [-0.2, 0) is 0 Å². The first-order valence-corrected chi connectivity index (χ1v) is 4.55. The Morgan fingerprint density at radius 3 is 3.00 bits per heavy atom. The molecule has 0 fully saturated rings. The second-order valence-corrected chi connectivity index (χ2v) is 3.06. The average molecular weight is 167 g/mol. The lowest BCUT2D eigenvalue weighted by Gasteiger charge is -2.20. The molecule has 0 saturated heterocycles. The maximum absolute atomic E-state index is 5.49. The van der Waals surface area contributed by atoms with Crippen LogP contribution in [0.5, 0.6) is 0 Å². The van der Waals surface area contributed by atoms with Crippen LogP contribution in [0.3, 0.4) is 0 Å². The van der Waals surface area contributed by atoms with Crippen molar-refractivity contribution in [2.24, 2.45) is 10.7 Å². The van der Waals surface area contributed by atoms with E-state index in [4.69, 9.17) is 5.73 Å². The number of rotatable bonds is 4. The minimum Gasteiger partial charge on any atom is -0.384 e. The lowest BCUT2D eigenvalue weighted by atomic mass is 10.2. The van der Waals surface area contributed by atoms with Gasteiger partial charge in [0, 0.05) is 12.7 Å². The zero-order valence-corrected chi connectivity index (χ0v) is 7.66. The first-order chi connectivity index (χ1) is 5.83. The quantitative estimate of drug-likeness (QED) is 0.642. The second-order valence-electron chi connectivity index (χ2n) is 3.06. The Morgan fingerprint density at radius 1 is 1.58 bits per heavy atom. The fourth-order valence-electron chi connectivity index (χ4n) is 1.16. The van der Waals surface area contributed by atoms with Crippen molar-refractivity contribution in [2.75, 3.05) is 13.2 Å². The number of aliphatic imine (C=N–C) groups is 1. The molecule has 2 N–H and O–H groups in total. The molecule has 0 spiro atoms. The van der Waals surface area contributed by atoms with Crippen LogP contribution >= 0.6 is 0 Å². The van der Waals surface area contributed by atoms with Crippen molar-refractivity contribution < 1.29 is 0 Å². The van der Waals surface area contributed by atoms with Gasteiger partial charge in [0.2, 0.25) is 0 Å². The van der Waals surface area contributed by atoms with Gasteiger partial charge in [0.25, 0.3) is 0 Å². The molecule has 0 atom stereocenters. The Kier molecular flexibility index (Phi) is 3.64. The van der Waals surface area contributed by atoms with Gasteiger partial charge >= 0.3 is 0 Å². The molecular formula is C9H17N3. The van der Waals surface area contributed by atoms with Crippen LogP contribution in [0.25, 0.3) is 0 Å². The van der Waals surface area contributed by atoms with Crippen molar-refractivity contribution in [3.8, 4) is 0 Å². The Balaban J connectivity index is 2.16. The monoisotopic (exact) mass is 167 g/mol. The van der Waals surface area contributed by atoms with Gasteiger partial charge < -0.3 is 10.6 Å². The molecule has 3 heteroatoms. The minimum atomic E-state index is 0.641. The molecule has 1 aliphatic rings. The molecule has 1 rings (SSSR count). The van der Waals surface area contributed by atoms with Gasteiger partial charge in [-0.25, -0.2) is 4.99 Å². The van der Waals surface area contributed by atoms with Crippen LogP contribution in [0.4, 0.5) is 0 Å². The molecule has 0 aromatic heterocycles. The number of amidine groups is 1. The standard InChI is InChI=1S/C9H17N3/c1-2-3-4-6-12-7-5-9(10)11-8-12/h5,7H,2-4,6,8H2,1H3,(H2,10,11). The Hall–Kier alpha value is -0.990. The maximum Gasteiger partial charge on any atom is 0.121 e. The predicted octanol–water partition coefficient (Wildman–Crippen LogP) is 1.32. The van der Waals surface area contributed by atoms with E-state index in [1.54, 1.807) is 0 Å². The molecule has 0 amide bonds. The average Bonchev–Trinajstić information content (AvgIpc) is 2.09. The highest BCUT2D eigenvalue weighted by Crippen LogP contribution is 2.01. The summed E-state index contributed by atoms with van der Waals surface area (Å²) in [7, 11) is 0. The maximum atomic E-state index is 5.49. The third kappa shape index (κ3) is 2.95. The lowest BCUT2D eigenvalue weighted by molar-refractivity contribution is 0.372. The summed E-state index contributed by atoms with van der Waals surface area (Å²) in [6.07, 6.45) is 7.69. The Morgan fingerprint density at radius 2 is 2.42 bits per heavy atom. The minimum absolute atomic E-state index is 0.641. The summed E-state index contributed by atoms with van der Waals surface area (Å²) in [5.41, 5.74) is 5.49. The zero-order chi connectivity index (χ0) is 8.81. The third-order valence-corrected chi connectivity index (χ3v) is 1.94. The van der Waals surface area contributed by atoms with Gasteiger partial charge in [0.15, 0.2) is 0 Å². The van der Waals surface area contributed by atoms with E-state index in [1.165, 1.54) is 19.3 Å². The van der Waals surface area contributed by atoms with Crippen LogP contribution in [-0.4, -0.2) is 23.9 Å². The van der Waals surface area contributed by atoms with Crippen LogP contribution in [0.2, 0.25) is 0 Å². The topological polar surface area (TPSA) is 41.6 Å². The zero-order valence-electron chi connectivity index (χ0n) is 7.66. The molecule has 1 heterocycles. The molecule has 68 valence electrons. The molecule has 0 aliphatic carbocycles. The van der Waals surface area contributed by atoms with E-state index < -0.39 is 0 Å². The van der Waals surface area contributed by atoms with Gasteiger partial charge in [0.1, 0.15) is 12.5 Å². The highest BCUT2D eigenvalue weighted by Gasteiger charge is 2.01. The highest BCUT2D eigenvalue weighted by molar-refractivity contribution is 5.91. The van der Waals surface area contributed by atoms with Gasteiger partial charge in [-0.3, -0.25) is 0 Å². The van der Waals surface area contributed by atoms with E-state index in [-0.39, 0.29) is 0 Å². The first-order valence-electron chi connectivity index (χ1n) is 4.55. The summed E-state index contributed by atoms with van der Waals surface area (Å²) in [6, 6.07) is 0. The van der Waals surface area contributed by atoms with Crippen LogP contribution in [0.15, 0.2) is 17.3 Å². The van der Waals surface area contributed by atoms with Crippen molar-refractivity contribution in [3.63, 3.8) is 0 Å². The van der Waals surface area contributed by atoms with Crippen LogP contribution < -0.4 is 5.73 Å². The number of hydrogen-bond donors (Lipinski definition) is 1. The Bertz CT molecular complexity index is 184. The van der Waals surface area contributed by atoms with Crippen molar-refractivity contribution in [1.29, 1.82) is 0 Å². The fourth-order valence-corrected chi connectivity index (χ4v) is 1.16. The van der Waals surface area contributed by atoms with Gasteiger partial charge in [-0.05, 0) is 12.5 Å². The summed E-state index contributed by atoms with van der Waals surface area (Å²) in [4.78, 5) is 6.31. The molecule has 0 radical (unpaired) electrons. The molecular weight excluding hydrogens is 150 g/mol. The summed E-state index contributed by atoms with van der Waals surface area (Å²) in [6.45, 7) is 4.04. The number of nitrogens with two attached hydrogens (primary N) is 1. The van der Waals surface area contributed by atoms with Gasteiger partial charge in [0.05, 0.1) is 0 Å². The summed E-state index contributed by atoms with van der Waals surface area (Å²) < 4.78 is 0. The number of unbranched alkanes of at least 4 members (excludes halogenated alkanes) is 2. The summed E-state index contributed by atoms with van der Waals surface area (Å²) in [5.74, 6) is 0.641. The van der Waals surface area contributed by atoms with Gasteiger partial charge in [-0.15, -0.1) is 0 Å². The van der Waals surface area contributed by atoms with E-state index in [2.05, 4.69) is 16.8 Å². The lowest BCUT2D eigenvalue weighted by Crippen LogP contribution is -2.25. The van der Waals surface area contributed by atoms with Gasteiger partial charge in [-0.2, -0.15) is 0 Å². The highest BCUT2D eigenvalue weighted by atomic mass is 15.2. The summed E-state index contributed by atoms with van der Waals surface area (Å²) >= 11 is 0. The summed E-state index contributed by atoms with van der Waals surface area (Å²) in [5, 5.41) is 0. The first kappa shape index (κ1) is 9.10. The smallest absolute Gasteiger partial charge is 0.121 e. The second kappa shape index (κ2) is 4.80. The molecule has 1 aliphatic heterocycles. The van der Waals surface area contributed by atoms with Crippen molar-refractivity contribution in [3.05, 3.63) is 12.3 Å². The van der Waals surface area contributed by atoms with E-state index in [1.807, 2.05) is 12.3 Å². The van der Waals surface area contributed by atoms with E-state index in [0.29, 0.717) is 5.84 Å². The van der Waals surface area contributed by atoms with Crippen molar-refractivity contribution in [1.82, 2.24) is 4.90 Å². The van der Waals surface area contributed by atoms with Crippen molar-refractivity contribution in [2.45, 2.75) is 26.2 Å². The van der Waals surface area contributed by atoms with Crippen LogP contribution in [0, 0.1) is 0 Å². The SMILES string of the molecule is CCCCCN1C=CC(N)=NC1. The van der Waals surface area contributed by atoms with Crippen molar-refractivity contribution >= 4 is 5.84 Å². The molecule has 3 nitrogen and oxygen atoms in total. The molecule has 0 aromatic rings. The number of nitrogens with zero attached hydrogens (tertiary/aromatic N) is 2. The molecule has 0 saturated carbocycles. The predicted molar refractivity (Wildman–Crippen MR) is 51.9 cm³/mol. The van der Waals surface area contributed by atoms with E-state index in [9.17, 15) is 0 Å². The molecule has 0 bridgehead atoms. The largest absolute Gasteiger partial charge is 0.384 e. The van der Waals surface area contributed by atoms with Crippen LogP contribution in [0.1, 0.15) is 26.2 Å².